The highest BCUT2D eigenvalue weighted by atomic mass is 32.2. The predicted molar refractivity (Wildman–Crippen MR) is 95.2 cm³/mol. The van der Waals surface area contributed by atoms with Crippen molar-refractivity contribution in [1.82, 2.24) is 18.8 Å². The minimum Gasteiger partial charge on any atom is -0.361 e. The molecule has 3 heterocycles. The van der Waals surface area contributed by atoms with Crippen LogP contribution in [0.3, 0.4) is 0 Å². The average Bonchev–Trinajstić information content (AvgIpc) is 3.15. The second kappa shape index (κ2) is 6.86. The first kappa shape index (κ1) is 18.0. The largest absolute Gasteiger partial charge is 0.361 e. The number of hydrogen-bond acceptors (Lipinski definition) is 5. The van der Waals surface area contributed by atoms with Crippen molar-refractivity contribution in [2.45, 2.75) is 26.7 Å². The molecule has 3 rings (SSSR count). The molecule has 1 atom stereocenters. The van der Waals surface area contributed by atoms with Crippen molar-refractivity contribution in [3.8, 4) is 11.3 Å². The molecule has 0 spiro atoms. The van der Waals surface area contributed by atoms with E-state index >= 15 is 0 Å². The van der Waals surface area contributed by atoms with Gasteiger partial charge in [0.25, 0.3) is 10.2 Å². The molecule has 0 unspecified atom stereocenters. The molecule has 0 aliphatic carbocycles. The molecule has 1 aliphatic heterocycles. The van der Waals surface area contributed by atoms with Crippen LogP contribution < -0.4 is 0 Å². The number of rotatable bonds is 5. The van der Waals surface area contributed by atoms with Crippen molar-refractivity contribution in [1.29, 1.82) is 0 Å². The Balaban J connectivity index is 1.74. The molecule has 8 heteroatoms. The van der Waals surface area contributed by atoms with Crippen molar-refractivity contribution in [2.24, 2.45) is 5.92 Å². The van der Waals surface area contributed by atoms with Crippen LogP contribution in [0.1, 0.15) is 23.6 Å². The number of hydrogen-bond donors (Lipinski definition) is 0. The molecule has 0 aromatic carbocycles. The summed E-state index contributed by atoms with van der Waals surface area (Å²) < 4.78 is 32.5. The molecule has 7 nitrogen and oxygen atoms in total. The van der Waals surface area contributed by atoms with E-state index in [4.69, 9.17) is 9.51 Å². The Morgan fingerprint density at radius 3 is 2.72 bits per heavy atom. The maximum atomic E-state index is 12.2. The zero-order valence-corrected chi connectivity index (χ0v) is 15.9. The Hall–Kier alpha value is -1.77. The third kappa shape index (κ3) is 3.61. The smallest absolute Gasteiger partial charge is 0.281 e. The quantitative estimate of drug-likeness (QED) is 0.811. The van der Waals surface area contributed by atoms with E-state index in [1.165, 1.54) is 4.31 Å². The molecule has 0 N–H and O–H groups in total. The summed E-state index contributed by atoms with van der Waals surface area (Å²) in [5, 5.41) is 3.99. The lowest BCUT2D eigenvalue weighted by molar-refractivity contribution is 0.393. The Morgan fingerprint density at radius 2 is 2.08 bits per heavy atom. The molecular weight excluding hydrogens is 340 g/mol. The topological polar surface area (TPSA) is 79.5 Å². The summed E-state index contributed by atoms with van der Waals surface area (Å²) in [6.45, 7) is 4.89. The molecule has 1 fully saturated rings. The summed E-state index contributed by atoms with van der Waals surface area (Å²) in [7, 11) is -0.198. The van der Waals surface area contributed by atoms with Crippen LogP contribution in [0.25, 0.3) is 11.3 Å². The fraction of sp³-hybridized carbons (Fsp3) is 0.529. The van der Waals surface area contributed by atoms with E-state index in [1.54, 1.807) is 18.4 Å². The SMILES string of the molecule is Cc1noc(C)c1-c1cccc(C[C@H]2CCN(S(=O)(=O)N(C)C)C2)n1. The van der Waals surface area contributed by atoms with Crippen LogP contribution in [0.4, 0.5) is 0 Å². The molecule has 1 aliphatic rings. The van der Waals surface area contributed by atoms with Crippen LogP contribution in [-0.2, 0) is 16.6 Å². The van der Waals surface area contributed by atoms with Gasteiger partial charge in [-0.1, -0.05) is 11.2 Å². The zero-order chi connectivity index (χ0) is 18.2. The first-order chi connectivity index (χ1) is 11.8. The molecule has 25 heavy (non-hydrogen) atoms. The molecule has 0 bridgehead atoms. The number of aryl methyl sites for hydroxylation is 2. The standard InChI is InChI=1S/C17H24N4O3S/c1-12-17(13(2)24-19-12)16-7-5-6-15(18-16)10-14-8-9-21(11-14)25(22,23)20(3)4/h5-7,14H,8-11H2,1-4H3/t14-/m1/s1. The van der Waals surface area contributed by atoms with Crippen LogP contribution in [0.15, 0.2) is 22.7 Å². The van der Waals surface area contributed by atoms with Gasteiger partial charge in [0.05, 0.1) is 17.0 Å². The third-order valence-corrected chi connectivity index (χ3v) is 6.54. The van der Waals surface area contributed by atoms with Crippen LogP contribution in [-0.4, -0.2) is 54.4 Å². The Morgan fingerprint density at radius 1 is 1.32 bits per heavy atom. The molecule has 2 aromatic heterocycles. The van der Waals surface area contributed by atoms with Crippen LogP contribution >= 0.6 is 0 Å². The molecule has 2 aromatic rings. The van der Waals surface area contributed by atoms with Crippen molar-refractivity contribution < 1.29 is 12.9 Å². The summed E-state index contributed by atoms with van der Waals surface area (Å²) in [5.41, 5.74) is 3.58. The summed E-state index contributed by atoms with van der Waals surface area (Å²) >= 11 is 0. The first-order valence-electron chi connectivity index (χ1n) is 8.36. The van der Waals surface area contributed by atoms with Gasteiger partial charge in [-0.25, -0.2) is 0 Å². The van der Waals surface area contributed by atoms with Gasteiger partial charge in [0, 0.05) is 32.9 Å². The van der Waals surface area contributed by atoms with Crippen molar-refractivity contribution in [3.63, 3.8) is 0 Å². The van der Waals surface area contributed by atoms with Gasteiger partial charge in [-0.3, -0.25) is 4.98 Å². The van der Waals surface area contributed by atoms with E-state index in [0.29, 0.717) is 13.1 Å². The second-order valence-electron chi connectivity index (χ2n) is 6.72. The third-order valence-electron chi connectivity index (χ3n) is 4.63. The van der Waals surface area contributed by atoms with Gasteiger partial charge in [0.1, 0.15) is 5.76 Å². The molecule has 136 valence electrons. The first-order valence-corrected chi connectivity index (χ1v) is 9.75. The van der Waals surface area contributed by atoms with Gasteiger partial charge in [0.15, 0.2) is 0 Å². The van der Waals surface area contributed by atoms with E-state index in [0.717, 1.165) is 41.2 Å². The monoisotopic (exact) mass is 364 g/mol. The number of nitrogens with zero attached hydrogens (tertiary/aromatic N) is 4. The fourth-order valence-corrected chi connectivity index (χ4v) is 4.48. The van der Waals surface area contributed by atoms with Crippen LogP contribution in [0.5, 0.6) is 0 Å². The second-order valence-corrected chi connectivity index (χ2v) is 8.86. The molecule has 0 amide bonds. The Kier molecular flexibility index (Phi) is 4.95. The molecule has 0 saturated carbocycles. The van der Waals surface area contributed by atoms with Gasteiger partial charge in [-0.05, 0) is 44.7 Å². The fourth-order valence-electron chi connectivity index (χ4n) is 3.28. The van der Waals surface area contributed by atoms with E-state index in [-0.39, 0.29) is 5.92 Å². The highest BCUT2D eigenvalue weighted by Crippen LogP contribution is 2.27. The number of aromatic nitrogens is 2. The van der Waals surface area contributed by atoms with Crippen LogP contribution in [0, 0.1) is 19.8 Å². The Labute approximate surface area is 148 Å². The molecular formula is C17H24N4O3S. The summed E-state index contributed by atoms with van der Waals surface area (Å²) in [4.78, 5) is 4.74. The van der Waals surface area contributed by atoms with E-state index in [2.05, 4.69) is 5.16 Å². The molecule has 1 saturated heterocycles. The van der Waals surface area contributed by atoms with Crippen LogP contribution in [0.2, 0.25) is 0 Å². The Bertz CT molecular complexity index is 841. The average molecular weight is 364 g/mol. The summed E-state index contributed by atoms with van der Waals surface area (Å²) in [6.07, 6.45) is 1.61. The molecule has 0 radical (unpaired) electrons. The van der Waals surface area contributed by atoms with Gasteiger partial charge in [0.2, 0.25) is 0 Å². The predicted octanol–water partition coefficient (Wildman–Crippen LogP) is 2.02. The normalized spacial score (nSPS) is 19.0. The minimum absolute atomic E-state index is 0.280. The van der Waals surface area contributed by atoms with Gasteiger partial charge >= 0.3 is 0 Å². The van der Waals surface area contributed by atoms with Crippen molar-refractivity contribution in [2.75, 3.05) is 27.2 Å². The summed E-state index contributed by atoms with van der Waals surface area (Å²) in [5.74, 6) is 1.04. The van der Waals surface area contributed by atoms with Gasteiger partial charge in [-0.2, -0.15) is 17.0 Å². The highest BCUT2D eigenvalue weighted by Gasteiger charge is 2.32. The minimum atomic E-state index is -3.33. The lowest BCUT2D eigenvalue weighted by atomic mass is 10.0. The number of pyridine rings is 1. The zero-order valence-electron chi connectivity index (χ0n) is 15.1. The van der Waals surface area contributed by atoms with E-state index in [1.807, 2.05) is 32.0 Å². The van der Waals surface area contributed by atoms with E-state index < -0.39 is 10.2 Å². The highest BCUT2D eigenvalue weighted by molar-refractivity contribution is 7.86. The maximum absolute atomic E-state index is 12.2. The van der Waals surface area contributed by atoms with Crippen molar-refractivity contribution >= 4 is 10.2 Å². The lowest BCUT2D eigenvalue weighted by Crippen LogP contribution is -2.38. The summed E-state index contributed by atoms with van der Waals surface area (Å²) in [6, 6.07) is 5.92. The van der Waals surface area contributed by atoms with Crippen molar-refractivity contribution in [3.05, 3.63) is 35.3 Å². The van der Waals surface area contributed by atoms with Gasteiger partial charge < -0.3 is 4.52 Å². The van der Waals surface area contributed by atoms with E-state index in [9.17, 15) is 8.42 Å². The van der Waals surface area contributed by atoms with Gasteiger partial charge in [-0.15, -0.1) is 0 Å². The maximum Gasteiger partial charge on any atom is 0.281 e. The lowest BCUT2D eigenvalue weighted by Gasteiger charge is -2.20.